The van der Waals surface area contributed by atoms with Crippen LogP contribution >= 0.6 is 0 Å². The Morgan fingerprint density at radius 2 is 2.09 bits per heavy atom. The van der Waals surface area contributed by atoms with Gasteiger partial charge in [0.2, 0.25) is 0 Å². The number of H-pyrrole nitrogens is 1. The summed E-state index contributed by atoms with van der Waals surface area (Å²) in [5.41, 5.74) is 1.26. The molecule has 33 heavy (non-hydrogen) atoms. The Morgan fingerprint density at radius 3 is 2.73 bits per heavy atom. The molecule has 1 aromatic carbocycles. The summed E-state index contributed by atoms with van der Waals surface area (Å²) in [5.74, 6) is -0.445. The number of benzene rings is 1. The van der Waals surface area contributed by atoms with Crippen LogP contribution in [0.2, 0.25) is 0 Å². The molecule has 1 N–H and O–H groups in total. The summed E-state index contributed by atoms with van der Waals surface area (Å²) in [4.78, 5) is 34.4. The van der Waals surface area contributed by atoms with Crippen LogP contribution in [0.3, 0.4) is 0 Å². The van der Waals surface area contributed by atoms with Crippen LogP contribution in [0.15, 0.2) is 41.5 Å². The van der Waals surface area contributed by atoms with Gasteiger partial charge in [0.05, 0.1) is 16.7 Å². The highest BCUT2D eigenvalue weighted by atomic mass is 19.1. The van der Waals surface area contributed by atoms with Gasteiger partial charge in [0.25, 0.3) is 11.5 Å². The van der Waals surface area contributed by atoms with Gasteiger partial charge in [-0.15, -0.1) is 0 Å². The van der Waals surface area contributed by atoms with Crippen molar-refractivity contribution in [3.8, 4) is 23.0 Å². The lowest BCUT2D eigenvalue weighted by Gasteiger charge is -2.39. The highest BCUT2D eigenvalue weighted by molar-refractivity contribution is 5.94. The fourth-order valence-electron chi connectivity index (χ4n) is 4.22. The van der Waals surface area contributed by atoms with Gasteiger partial charge < -0.3 is 4.90 Å². The quantitative estimate of drug-likeness (QED) is 0.662. The van der Waals surface area contributed by atoms with E-state index in [9.17, 15) is 14.0 Å². The van der Waals surface area contributed by atoms with Crippen molar-refractivity contribution in [2.75, 3.05) is 26.2 Å². The Balaban J connectivity index is 1.58. The molecule has 1 aliphatic heterocycles. The molecule has 9 heteroatoms. The number of rotatable bonds is 4. The van der Waals surface area contributed by atoms with Gasteiger partial charge in [0.1, 0.15) is 11.9 Å². The third-order valence-corrected chi connectivity index (χ3v) is 6.14. The minimum atomic E-state index is -0.680. The molecule has 0 spiro atoms. The number of carbonyl (C=O) groups excluding carboxylic acids is 1. The number of amides is 1. The Bertz CT molecular complexity index is 1290. The molecule has 1 atom stereocenters. The number of nitriles is 1. The van der Waals surface area contributed by atoms with E-state index < -0.39 is 11.4 Å². The molecule has 0 bridgehead atoms. The lowest BCUT2D eigenvalue weighted by molar-refractivity contribution is 0.0499. The number of piperazine rings is 1. The minimum Gasteiger partial charge on any atom is -0.333 e. The number of nitrogens with zero attached hydrogens (tertiary/aromatic N) is 5. The number of aromatic nitrogens is 3. The summed E-state index contributed by atoms with van der Waals surface area (Å²) in [5, 5.41) is 11.8. The lowest BCUT2D eigenvalue weighted by atomic mass is 10.0. The average Bonchev–Trinajstić information content (AvgIpc) is 3.20. The van der Waals surface area contributed by atoms with Crippen molar-refractivity contribution in [2.45, 2.75) is 26.8 Å². The number of aryl methyl sites for hydroxylation is 1. The van der Waals surface area contributed by atoms with Gasteiger partial charge in [-0.2, -0.15) is 5.26 Å². The van der Waals surface area contributed by atoms with E-state index >= 15 is 0 Å². The van der Waals surface area contributed by atoms with Gasteiger partial charge in [0.15, 0.2) is 5.82 Å². The monoisotopic (exact) mass is 448 g/mol. The molecule has 170 valence electrons. The van der Waals surface area contributed by atoms with Crippen molar-refractivity contribution >= 4 is 5.91 Å². The number of aromatic amines is 1. The van der Waals surface area contributed by atoms with E-state index in [1.165, 1.54) is 29.2 Å². The normalized spacial score (nSPS) is 16.6. The summed E-state index contributed by atoms with van der Waals surface area (Å²) in [7, 11) is 0. The molecule has 0 aliphatic carbocycles. The number of hydrogen-bond donors (Lipinski definition) is 1. The summed E-state index contributed by atoms with van der Waals surface area (Å²) < 4.78 is 15.4. The van der Waals surface area contributed by atoms with Gasteiger partial charge in [-0.1, -0.05) is 6.92 Å². The molecule has 1 amide bonds. The number of carbonyl (C=O) groups is 1. The van der Waals surface area contributed by atoms with Crippen LogP contribution in [0, 0.1) is 24.1 Å². The van der Waals surface area contributed by atoms with Gasteiger partial charge in [-0.25, -0.2) is 14.1 Å². The van der Waals surface area contributed by atoms with Crippen LogP contribution in [0.4, 0.5) is 4.39 Å². The molecule has 1 unspecified atom stereocenters. The first-order valence-corrected chi connectivity index (χ1v) is 10.8. The standard InChI is InChI=1S/C24H25FN6O2/c1-4-29-7-8-30(16(3)14-29)23(32)17-5-6-22(27-12-17)31-24(33)20(13-28-31)19-10-21(25)18(11-26)9-15(19)2/h5-6,9-10,12-13,16,28H,4,7-8,14H2,1-3H3. The molecule has 4 rings (SSSR count). The Morgan fingerprint density at radius 1 is 1.30 bits per heavy atom. The molecular weight excluding hydrogens is 423 g/mol. The molecule has 0 saturated carbocycles. The van der Waals surface area contributed by atoms with Crippen molar-refractivity contribution in [1.82, 2.24) is 24.6 Å². The number of pyridine rings is 1. The summed E-state index contributed by atoms with van der Waals surface area (Å²) in [6.45, 7) is 9.17. The first kappa shape index (κ1) is 22.4. The Kier molecular flexibility index (Phi) is 6.11. The maximum absolute atomic E-state index is 14.1. The van der Waals surface area contributed by atoms with Crippen molar-refractivity contribution in [3.63, 3.8) is 0 Å². The topological polar surface area (TPSA) is 98.0 Å². The van der Waals surface area contributed by atoms with E-state index in [0.29, 0.717) is 29.1 Å². The first-order chi connectivity index (χ1) is 15.8. The van der Waals surface area contributed by atoms with E-state index in [0.717, 1.165) is 19.6 Å². The van der Waals surface area contributed by atoms with Gasteiger partial charge >= 0.3 is 0 Å². The molecule has 1 fully saturated rings. The zero-order valence-electron chi connectivity index (χ0n) is 18.8. The zero-order valence-corrected chi connectivity index (χ0v) is 18.8. The Labute approximate surface area is 190 Å². The maximum atomic E-state index is 14.1. The molecule has 1 saturated heterocycles. The van der Waals surface area contributed by atoms with Crippen LogP contribution in [0.25, 0.3) is 16.9 Å². The van der Waals surface area contributed by atoms with Crippen molar-refractivity contribution in [2.24, 2.45) is 0 Å². The zero-order chi connectivity index (χ0) is 23.7. The number of halogens is 1. The summed E-state index contributed by atoms with van der Waals surface area (Å²) >= 11 is 0. The predicted molar refractivity (Wildman–Crippen MR) is 122 cm³/mol. The average molecular weight is 449 g/mol. The van der Waals surface area contributed by atoms with E-state index in [-0.39, 0.29) is 23.1 Å². The second-order valence-corrected chi connectivity index (χ2v) is 8.23. The smallest absolute Gasteiger partial charge is 0.280 e. The van der Waals surface area contributed by atoms with Crippen LogP contribution in [0.5, 0.6) is 0 Å². The van der Waals surface area contributed by atoms with Gasteiger partial charge in [0, 0.05) is 38.1 Å². The van der Waals surface area contributed by atoms with Crippen molar-refractivity contribution in [3.05, 3.63) is 69.5 Å². The number of nitrogens with one attached hydrogen (secondary N) is 1. The predicted octanol–water partition coefficient (Wildman–Crippen LogP) is 2.71. The minimum absolute atomic E-state index is 0.0699. The third kappa shape index (κ3) is 4.17. The second-order valence-electron chi connectivity index (χ2n) is 8.23. The lowest BCUT2D eigenvalue weighted by Crippen LogP contribution is -2.53. The fourth-order valence-corrected chi connectivity index (χ4v) is 4.22. The summed E-state index contributed by atoms with van der Waals surface area (Å²) in [6, 6.07) is 7.77. The number of likely N-dealkylation sites (N-methyl/N-ethyl adjacent to an activating group) is 1. The molecule has 3 aromatic rings. The van der Waals surface area contributed by atoms with Crippen molar-refractivity contribution < 1.29 is 9.18 Å². The SMILES string of the molecule is CCN1CCN(C(=O)c2ccc(-n3[nH]cc(-c4cc(F)c(C#N)cc4C)c3=O)nc2)C(C)C1. The molecule has 8 nitrogen and oxygen atoms in total. The fraction of sp³-hybridized carbons (Fsp3) is 0.333. The van der Waals surface area contributed by atoms with Gasteiger partial charge in [-0.3, -0.25) is 19.6 Å². The largest absolute Gasteiger partial charge is 0.333 e. The van der Waals surface area contributed by atoms with Crippen LogP contribution in [-0.2, 0) is 0 Å². The van der Waals surface area contributed by atoms with Crippen LogP contribution in [-0.4, -0.2) is 62.7 Å². The highest BCUT2D eigenvalue weighted by Gasteiger charge is 2.27. The Hall–Kier alpha value is -3.77. The van der Waals surface area contributed by atoms with E-state index in [1.54, 1.807) is 25.1 Å². The van der Waals surface area contributed by atoms with Crippen LogP contribution < -0.4 is 5.56 Å². The second kappa shape index (κ2) is 9.00. The van der Waals surface area contributed by atoms with Gasteiger partial charge in [-0.05, 0) is 55.8 Å². The van der Waals surface area contributed by atoms with Crippen molar-refractivity contribution in [1.29, 1.82) is 5.26 Å². The molecule has 2 aromatic heterocycles. The van der Waals surface area contributed by atoms with E-state index in [4.69, 9.17) is 5.26 Å². The number of hydrogen-bond acceptors (Lipinski definition) is 5. The van der Waals surface area contributed by atoms with E-state index in [2.05, 4.69) is 21.9 Å². The third-order valence-electron chi connectivity index (χ3n) is 6.14. The molecule has 0 radical (unpaired) electrons. The summed E-state index contributed by atoms with van der Waals surface area (Å²) in [6.07, 6.45) is 2.95. The molecule has 3 heterocycles. The molecule has 1 aliphatic rings. The first-order valence-electron chi connectivity index (χ1n) is 10.8. The highest BCUT2D eigenvalue weighted by Crippen LogP contribution is 2.24. The van der Waals surface area contributed by atoms with Crippen LogP contribution in [0.1, 0.15) is 35.3 Å². The van der Waals surface area contributed by atoms with E-state index in [1.807, 2.05) is 11.8 Å². The molecular formula is C24H25FN6O2. The maximum Gasteiger partial charge on any atom is 0.280 e.